The second-order valence-corrected chi connectivity index (χ2v) is 5.91. The minimum atomic E-state index is -0.976. The van der Waals surface area contributed by atoms with Crippen molar-refractivity contribution in [2.24, 2.45) is 11.7 Å². The number of nitrogens with two attached hydrogens (primary N) is 1. The number of halogens is 3. The molecule has 1 aliphatic rings. The van der Waals surface area contributed by atoms with E-state index < -0.39 is 11.6 Å². The number of hydrogen-bond donors (Lipinski definition) is 2. The van der Waals surface area contributed by atoms with E-state index in [0.717, 1.165) is 25.0 Å². The van der Waals surface area contributed by atoms with E-state index in [1.165, 1.54) is 6.07 Å². The molecule has 25 heavy (non-hydrogen) atoms. The zero-order valence-corrected chi connectivity index (χ0v) is 14.2. The van der Waals surface area contributed by atoms with Crippen LogP contribution >= 0.6 is 12.4 Å². The summed E-state index contributed by atoms with van der Waals surface area (Å²) in [5.74, 6) is -0.981. The van der Waals surface area contributed by atoms with Gasteiger partial charge in [0.05, 0.1) is 0 Å². The van der Waals surface area contributed by atoms with Gasteiger partial charge < -0.3 is 15.8 Å². The molecule has 1 aliphatic carbocycles. The fraction of sp³-hybridized carbons (Fsp3) is 0.278. The molecule has 0 radical (unpaired) electrons. The highest BCUT2D eigenvalue weighted by Crippen LogP contribution is 2.31. The van der Waals surface area contributed by atoms with Crippen molar-refractivity contribution < 1.29 is 18.3 Å². The van der Waals surface area contributed by atoms with Gasteiger partial charge in [-0.3, -0.25) is 4.79 Å². The first-order chi connectivity index (χ1) is 11.5. The maximum atomic E-state index is 13.1. The smallest absolute Gasteiger partial charge is 0.251 e. The predicted octanol–water partition coefficient (Wildman–Crippen LogP) is 3.65. The Bertz CT molecular complexity index is 736. The largest absolute Gasteiger partial charge is 0.457 e. The van der Waals surface area contributed by atoms with Crippen LogP contribution in [-0.2, 0) is 0 Å². The number of rotatable bonds is 6. The van der Waals surface area contributed by atoms with Gasteiger partial charge in [0.15, 0.2) is 11.6 Å². The van der Waals surface area contributed by atoms with Crippen molar-refractivity contribution in [3.63, 3.8) is 0 Å². The van der Waals surface area contributed by atoms with Crippen LogP contribution in [0.3, 0.4) is 0 Å². The van der Waals surface area contributed by atoms with Gasteiger partial charge in [-0.25, -0.2) is 8.78 Å². The van der Waals surface area contributed by atoms with Crippen molar-refractivity contribution in [3.05, 3.63) is 59.7 Å². The van der Waals surface area contributed by atoms with Gasteiger partial charge >= 0.3 is 0 Å². The Balaban J connectivity index is 0.00000225. The molecule has 7 heteroatoms. The van der Waals surface area contributed by atoms with Crippen molar-refractivity contribution in [1.29, 1.82) is 0 Å². The zero-order chi connectivity index (χ0) is 17.1. The number of nitrogens with one attached hydrogen (secondary N) is 1. The molecule has 0 aromatic heterocycles. The van der Waals surface area contributed by atoms with E-state index in [-0.39, 0.29) is 30.1 Å². The second-order valence-electron chi connectivity index (χ2n) is 5.91. The van der Waals surface area contributed by atoms with Gasteiger partial charge in [0.2, 0.25) is 0 Å². The number of carbonyl (C=O) groups excluding carboxylic acids is 1. The molecule has 134 valence electrons. The summed E-state index contributed by atoms with van der Waals surface area (Å²) in [4.78, 5) is 12.0. The fourth-order valence-electron chi connectivity index (χ4n) is 2.35. The van der Waals surface area contributed by atoms with Crippen LogP contribution in [0, 0.1) is 17.6 Å². The Morgan fingerprint density at radius 3 is 2.36 bits per heavy atom. The summed E-state index contributed by atoms with van der Waals surface area (Å²) < 4.78 is 31.5. The summed E-state index contributed by atoms with van der Waals surface area (Å²) in [6.07, 6.45) is 2.26. The van der Waals surface area contributed by atoms with Crippen LogP contribution in [0.4, 0.5) is 8.78 Å². The number of carbonyl (C=O) groups is 1. The Morgan fingerprint density at radius 1 is 1.12 bits per heavy atom. The molecule has 0 aliphatic heterocycles. The summed E-state index contributed by atoms with van der Waals surface area (Å²) in [6.45, 7) is 0.455. The molecule has 0 saturated heterocycles. The number of hydrogen-bond acceptors (Lipinski definition) is 3. The maximum Gasteiger partial charge on any atom is 0.251 e. The second kappa shape index (κ2) is 8.27. The van der Waals surface area contributed by atoms with Gasteiger partial charge in [-0.05, 0) is 55.2 Å². The summed E-state index contributed by atoms with van der Waals surface area (Å²) in [6, 6.07) is 9.70. The van der Waals surface area contributed by atoms with Gasteiger partial charge in [0.25, 0.3) is 5.91 Å². The van der Waals surface area contributed by atoms with Crippen molar-refractivity contribution in [2.45, 2.75) is 18.9 Å². The van der Waals surface area contributed by atoms with Crippen molar-refractivity contribution in [3.8, 4) is 11.5 Å². The van der Waals surface area contributed by atoms with Gasteiger partial charge in [-0.15, -0.1) is 12.4 Å². The van der Waals surface area contributed by atoms with E-state index in [2.05, 4.69) is 5.32 Å². The van der Waals surface area contributed by atoms with Gasteiger partial charge in [-0.2, -0.15) is 0 Å². The average Bonchev–Trinajstić information content (AvgIpc) is 3.41. The standard InChI is InChI=1S/C18H18F2N2O2.ClH/c19-15-8-7-14(9-16(15)20)24-13-5-3-12(4-6-13)18(23)22-10-17(21)11-1-2-11;/h3-9,11,17H,1-2,10,21H2,(H,22,23);1H. The van der Waals surface area contributed by atoms with Crippen LogP contribution in [0.15, 0.2) is 42.5 Å². The summed E-state index contributed by atoms with van der Waals surface area (Å²) >= 11 is 0. The quantitative estimate of drug-likeness (QED) is 0.818. The minimum Gasteiger partial charge on any atom is -0.457 e. The number of amides is 1. The van der Waals surface area contributed by atoms with Gasteiger partial charge in [0, 0.05) is 24.2 Å². The molecule has 1 saturated carbocycles. The first-order valence-electron chi connectivity index (χ1n) is 7.79. The monoisotopic (exact) mass is 368 g/mol. The van der Waals surface area contributed by atoms with E-state index in [1.807, 2.05) is 0 Å². The number of ether oxygens (including phenoxy) is 1. The number of benzene rings is 2. The molecule has 1 fully saturated rings. The molecule has 0 spiro atoms. The third kappa shape index (κ3) is 5.14. The van der Waals surface area contributed by atoms with Crippen LogP contribution in [0.25, 0.3) is 0 Å². The summed E-state index contributed by atoms with van der Waals surface area (Å²) in [5.41, 5.74) is 6.43. The summed E-state index contributed by atoms with van der Waals surface area (Å²) in [5, 5.41) is 2.81. The molecule has 0 heterocycles. The third-order valence-electron chi connectivity index (χ3n) is 3.97. The van der Waals surface area contributed by atoms with Crippen molar-refractivity contribution in [2.75, 3.05) is 6.54 Å². The summed E-state index contributed by atoms with van der Waals surface area (Å²) in [7, 11) is 0. The molecular weight excluding hydrogens is 350 g/mol. The Labute approximate surface area is 150 Å². The van der Waals surface area contributed by atoms with Gasteiger partial charge in [0.1, 0.15) is 11.5 Å². The minimum absolute atomic E-state index is 0. The Morgan fingerprint density at radius 2 is 1.76 bits per heavy atom. The van der Waals surface area contributed by atoms with E-state index in [1.54, 1.807) is 24.3 Å². The normalized spacial score (nSPS) is 14.4. The Hall–Kier alpha value is -2.18. The lowest BCUT2D eigenvalue weighted by atomic mass is 10.1. The first-order valence-corrected chi connectivity index (χ1v) is 7.79. The van der Waals surface area contributed by atoms with Crippen molar-refractivity contribution >= 4 is 18.3 Å². The molecule has 3 N–H and O–H groups in total. The molecule has 4 nitrogen and oxygen atoms in total. The molecule has 0 bridgehead atoms. The van der Waals surface area contributed by atoms with E-state index in [4.69, 9.17) is 10.5 Å². The van der Waals surface area contributed by atoms with Crippen LogP contribution in [-0.4, -0.2) is 18.5 Å². The van der Waals surface area contributed by atoms with Crippen molar-refractivity contribution in [1.82, 2.24) is 5.32 Å². The molecule has 1 unspecified atom stereocenters. The lowest BCUT2D eigenvalue weighted by Gasteiger charge is -2.12. The van der Waals surface area contributed by atoms with E-state index >= 15 is 0 Å². The molecule has 2 aromatic rings. The highest BCUT2D eigenvalue weighted by molar-refractivity contribution is 5.94. The third-order valence-corrected chi connectivity index (χ3v) is 3.97. The highest BCUT2D eigenvalue weighted by Gasteiger charge is 2.28. The van der Waals surface area contributed by atoms with Gasteiger partial charge in [-0.1, -0.05) is 0 Å². The first kappa shape index (κ1) is 19.1. The van der Waals surface area contributed by atoms with Crippen LogP contribution in [0.5, 0.6) is 11.5 Å². The van der Waals surface area contributed by atoms with Crippen LogP contribution < -0.4 is 15.8 Å². The van der Waals surface area contributed by atoms with Crippen LogP contribution in [0.2, 0.25) is 0 Å². The topological polar surface area (TPSA) is 64.3 Å². The Kier molecular flexibility index (Phi) is 6.33. The highest BCUT2D eigenvalue weighted by atomic mass is 35.5. The predicted molar refractivity (Wildman–Crippen MR) is 93.2 cm³/mol. The molecule has 2 aromatic carbocycles. The fourth-order valence-corrected chi connectivity index (χ4v) is 2.35. The van der Waals surface area contributed by atoms with E-state index in [9.17, 15) is 13.6 Å². The maximum absolute atomic E-state index is 13.1. The van der Waals surface area contributed by atoms with Crippen LogP contribution in [0.1, 0.15) is 23.2 Å². The lowest BCUT2D eigenvalue weighted by molar-refractivity contribution is 0.0950. The lowest BCUT2D eigenvalue weighted by Crippen LogP contribution is -2.38. The average molecular weight is 369 g/mol. The molecule has 3 rings (SSSR count). The molecule has 1 amide bonds. The SMILES string of the molecule is Cl.NC(CNC(=O)c1ccc(Oc2ccc(F)c(F)c2)cc1)C1CC1. The molecular formula is C18H19ClF2N2O2. The molecule has 1 atom stereocenters. The van der Waals surface area contributed by atoms with E-state index in [0.29, 0.717) is 23.8 Å². The zero-order valence-electron chi connectivity index (χ0n) is 13.4.